The van der Waals surface area contributed by atoms with Gasteiger partial charge in [-0.3, -0.25) is 4.79 Å². The summed E-state index contributed by atoms with van der Waals surface area (Å²) in [5.41, 5.74) is 1.24. The van der Waals surface area contributed by atoms with E-state index in [0.29, 0.717) is 42.3 Å². The van der Waals surface area contributed by atoms with Gasteiger partial charge in [-0.15, -0.1) is 0 Å². The highest BCUT2D eigenvalue weighted by Gasteiger charge is 2.23. The molecule has 0 bridgehead atoms. The normalized spacial score (nSPS) is 17.2. The SMILES string of the molecule is Cc1nc(Cl)ccc1C(=O)N1CCC(O)CC1. The van der Waals surface area contributed by atoms with Crippen molar-refractivity contribution in [3.8, 4) is 0 Å². The van der Waals surface area contributed by atoms with Crippen molar-refractivity contribution >= 4 is 17.5 Å². The number of likely N-dealkylation sites (tertiary alicyclic amines) is 1. The summed E-state index contributed by atoms with van der Waals surface area (Å²) in [4.78, 5) is 18.0. The van der Waals surface area contributed by atoms with Gasteiger partial charge in [0.05, 0.1) is 17.4 Å². The molecule has 0 aromatic carbocycles. The molecule has 1 aromatic heterocycles. The zero-order valence-corrected chi connectivity index (χ0v) is 10.4. The molecule has 1 saturated heterocycles. The van der Waals surface area contributed by atoms with Crippen LogP contribution in [0.2, 0.25) is 5.15 Å². The minimum absolute atomic E-state index is 0.0291. The standard InChI is InChI=1S/C12H15ClN2O2/c1-8-10(2-3-11(13)14-8)12(17)15-6-4-9(16)5-7-15/h2-3,9,16H,4-7H2,1H3. The highest BCUT2D eigenvalue weighted by atomic mass is 35.5. The van der Waals surface area contributed by atoms with E-state index in [1.807, 2.05) is 0 Å². The van der Waals surface area contributed by atoms with Crippen LogP contribution in [0.5, 0.6) is 0 Å². The highest BCUT2D eigenvalue weighted by Crippen LogP contribution is 2.17. The lowest BCUT2D eigenvalue weighted by atomic mass is 10.1. The average Bonchev–Trinajstić information content (AvgIpc) is 2.29. The molecule has 1 N–H and O–H groups in total. The Balaban J connectivity index is 2.14. The number of carbonyl (C=O) groups excluding carboxylic acids is 1. The summed E-state index contributed by atoms with van der Waals surface area (Å²) in [6.07, 6.45) is 1.01. The summed E-state index contributed by atoms with van der Waals surface area (Å²) in [7, 11) is 0. The third kappa shape index (κ3) is 2.76. The summed E-state index contributed by atoms with van der Waals surface area (Å²) in [6, 6.07) is 3.33. The van der Waals surface area contributed by atoms with Gasteiger partial charge in [0.15, 0.2) is 0 Å². The number of aromatic nitrogens is 1. The molecule has 0 spiro atoms. The van der Waals surface area contributed by atoms with Crippen LogP contribution in [0.3, 0.4) is 0 Å². The van der Waals surface area contributed by atoms with Crippen LogP contribution in [0.4, 0.5) is 0 Å². The minimum Gasteiger partial charge on any atom is -0.393 e. The largest absolute Gasteiger partial charge is 0.393 e. The number of aliphatic hydroxyl groups excluding tert-OH is 1. The molecular formula is C12H15ClN2O2. The number of carbonyl (C=O) groups is 1. The van der Waals surface area contributed by atoms with Gasteiger partial charge < -0.3 is 10.0 Å². The molecule has 2 rings (SSSR count). The Morgan fingerprint density at radius 3 is 2.71 bits per heavy atom. The van der Waals surface area contributed by atoms with E-state index in [1.165, 1.54) is 0 Å². The molecule has 17 heavy (non-hydrogen) atoms. The van der Waals surface area contributed by atoms with E-state index in [9.17, 15) is 9.90 Å². The van der Waals surface area contributed by atoms with Crippen LogP contribution in [0.15, 0.2) is 12.1 Å². The Morgan fingerprint density at radius 2 is 2.12 bits per heavy atom. The molecule has 1 aromatic rings. The van der Waals surface area contributed by atoms with Crippen LogP contribution in [0.25, 0.3) is 0 Å². The first-order valence-corrected chi connectivity index (χ1v) is 6.06. The quantitative estimate of drug-likeness (QED) is 0.776. The number of piperidine rings is 1. The Hall–Kier alpha value is -1.13. The van der Waals surface area contributed by atoms with Gasteiger partial charge in [-0.2, -0.15) is 0 Å². The number of hydrogen-bond acceptors (Lipinski definition) is 3. The number of halogens is 1. The first-order chi connectivity index (χ1) is 8.08. The van der Waals surface area contributed by atoms with E-state index < -0.39 is 0 Å². The lowest BCUT2D eigenvalue weighted by Crippen LogP contribution is -2.40. The molecule has 0 saturated carbocycles. The fraction of sp³-hybridized carbons (Fsp3) is 0.500. The maximum atomic E-state index is 12.2. The lowest BCUT2D eigenvalue weighted by Gasteiger charge is -2.29. The van der Waals surface area contributed by atoms with E-state index in [0.717, 1.165) is 0 Å². The number of amides is 1. The summed E-state index contributed by atoms with van der Waals surface area (Å²) in [6.45, 7) is 2.97. The van der Waals surface area contributed by atoms with Gasteiger partial charge >= 0.3 is 0 Å². The molecule has 1 amide bonds. The van der Waals surface area contributed by atoms with Crippen molar-refractivity contribution in [2.24, 2.45) is 0 Å². The number of pyridine rings is 1. The molecule has 5 heteroatoms. The number of aliphatic hydroxyl groups is 1. The molecule has 92 valence electrons. The molecule has 1 aliphatic rings. The first kappa shape index (κ1) is 12.3. The lowest BCUT2D eigenvalue weighted by molar-refractivity contribution is 0.0545. The molecule has 4 nitrogen and oxygen atoms in total. The molecule has 0 aliphatic carbocycles. The van der Waals surface area contributed by atoms with Gasteiger partial charge in [0.25, 0.3) is 5.91 Å². The summed E-state index contributed by atoms with van der Waals surface area (Å²) in [5.74, 6) is -0.0291. The van der Waals surface area contributed by atoms with E-state index in [2.05, 4.69) is 4.98 Å². The van der Waals surface area contributed by atoms with Crippen LogP contribution < -0.4 is 0 Å². The van der Waals surface area contributed by atoms with Crippen LogP contribution in [0.1, 0.15) is 28.9 Å². The third-order valence-corrected chi connectivity index (χ3v) is 3.24. The Bertz CT molecular complexity index is 429. The van der Waals surface area contributed by atoms with Crippen molar-refractivity contribution in [3.05, 3.63) is 28.5 Å². The van der Waals surface area contributed by atoms with Crippen molar-refractivity contribution < 1.29 is 9.90 Å². The van der Waals surface area contributed by atoms with Crippen molar-refractivity contribution in [1.29, 1.82) is 0 Å². The number of hydrogen-bond donors (Lipinski definition) is 1. The maximum absolute atomic E-state index is 12.2. The van der Waals surface area contributed by atoms with Crippen molar-refractivity contribution in [3.63, 3.8) is 0 Å². The topological polar surface area (TPSA) is 53.4 Å². The van der Waals surface area contributed by atoms with Crippen molar-refractivity contribution in [2.75, 3.05) is 13.1 Å². The average molecular weight is 255 g/mol. The maximum Gasteiger partial charge on any atom is 0.255 e. The molecule has 1 aliphatic heterocycles. The molecule has 0 atom stereocenters. The third-order valence-electron chi connectivity index (χ3n) is 3.03. The summed E-state index contributed by atoms with van der Waals surface area (Å²) < 4.78 is 0. The minimum atomic E-state index is -0.275. The van der Waals surface area contributed by atoms with Crippen LogP contribution in [0, 0.1) is 6.92 Å². The van der Waals surface area contributed by atoms with Gasteiger partial charge in [-0.05, 0) is 31.9 Å². The van der Waals surface area contributed by atoms with Gasteiger partial charge in [0.1, 0.15) is 5.15 Å². The predicted molar refractivity (Wildman–Crippen MR) is 65.1 cm³/mol. The zero-order chi connectivity index (χ0) is 12.4. The zero-order valence-electron chi connectivity index (χ0n) is 9.69. The molecule has 1 fully saturated rings. The summed E-state index contributed by atoms with van der Waals surface area (Å²) in [5, 5.41) is 9.80. The number of nitrogens with zero attached hydrogens (tertiary/aromatic N) is 2. The van der Waals surface area contributed by atoms with E-state index in [1.54, 1.807) is 24.0 Å². The van der Waals surface area contributed by atoms with Gasteiger partial charge in [-0.25, -0.2) is 4.98 Å². The van der Waals surface area contributed by atoms with Crippen molar-refractivity contribution in [1.82, 2.24) is 9.88 Å². The number of aryl methyl sites for hydroxylation is 1. The van der Waals surface area contributed by atoms with Gasteiger partial charge in [0.2, 0.25) is 0 Å². The molecule has 0 unspecified atom stereocenters. The Morgan fingerprint density at radius 1 is 1.47 bits per heavy atom. The van der Waals surface area contributed by atoms with E-state index in [-0.39, 0.29) is 12.0 Å². The Kier molecular flexibility index (Phi) is 3.64. The van der Waals surface area contributed by atoms with Crippen LogP contribution in [-0.4, -0.2) is 40.1 Å². The number of rotatable bonds is 1. The van der Waals surface area contributed by atoms with E-state index >= 15 is 0 Å². The molecule has 2 heterocycles. The van der Waals surface area contributed by atoms with Crippen LogP contribution >= 0.6 is 11.6 Å². The highest BCUT2D eigenvalue weighted by molar-refractivity contribution is 6.29. The van der Waals surface area contributed by atoms with Gasteiger partial charge in [-0.1, -0.05) is 11.6 Å². The Labute approximate surface area is 105 Å². The second-order valence-corrected chi connectivity index (χ2v) is 4.68. The smallest absolute Gasteiger partial charge is 0.255 e. The molecular weight excluding hydrogens is 240 g/mol. The first-order valence-electron chi connectivity index (χ1n) is 5.68. The van der Waals surface area contributed by atoms with Crippen LogP contribution in [-0.2, 0) is 0 Å². The predicted octanol–water partition coefficient (Wildman–Crippen LogP) is 1.64. The fourth-order valence-corrected chi connectivity index (χ4v) is 2.19. The fourth-order valence-electron chi connectivity index (χ4n) is 2.00. The second-order valence-electron chi connectivity index (χ2n) is 4.29. The van der Waals surface area contributed by atoms with Gasteiger partial charge in [0, 0.05) is 13.1 Å². The monoisotopic (exact) mass is 254 g/mol. The van der Waals surface area contributed by atoms with E-state index in [4.69, 9.17) is 11.6 Å². The summed E-state index contributed by atoms with van der Waals surface area (Å²) >= 11 is 5.76. The second kappa shape index (κ2) is 5.02. The van der Waals surface area contributed by atoms with Crippen molar-refractivity contribution in [2.45, 2.75) is 25.9 Å². The molecule has 0 radical (unpaired) electrons.